The maximum Gasteiger partial charge on any atom is 0.236 e. The summed E-state index contributed by atoms with van der Waals surface area (Å²) in [7, 11) is 6.06. The summed E-state index contributed by atoms with van der Waals surface area (Å²) in [5, 5.41) is 2.04. The molecule has 1 aliphatic carbocycles. The van der Waals surface area contributed by atoms with Crippen molar-refractivity contribution in [1.29, 1.82) is 0 Å². The first kappa shape index (κ1) is 9.46. The number of rotatable bonds is 1. The van der Waals surface area contributed by atoms with Crippen LogP contribution in [0.2, 0.25) is 0 Å². The van der Waals surface area contributed by atoms with Crippen molar-refractivity contribution in [3.8, 4) is 11.4 Å². The zero-order chi connectivity index (χ0) is 11.0. The van der Waals surface area contributed by atoms with Gasteiger partial charge < -0.3 is 4.48 Å². The summed E-state index contributed by atoms with van der Waals surface area (Å²) >= 11 is 0. The van der Waals surface area contributed by atoms with Crippen LogP contribution in [0.5, 0.6) is 0 Å². The maximum atomic E-state index is 6.06. The van der Waals surface area contributed by atoms with Gasteiger partial charge in [-0.15, -0.1) is 0 Å². The van der Waals surface area contributed by atoms with Gasteiger partial charge in [0.2, 0.25) is 7.98 Å². The molecule has 0 aliphatic heterocycles. The molecule has 3 rings (SSSR count). The minimum Gasteiger partial charge on any atom is -0.381 e. The quantitative estimate of drug-likeness (QED) is 0.632. The van der Waals surface area contributed by atoms with Crippen molar-refractivity contribution >= 4 is 20.1 Å². The maximum absolute atomic E-state index is 6.06. The molecule has 0 saturated carbocycles. The number of fused-ring (bicyclic) bond motifs is 1. The Balaban J connectivity index is 2.29. The van der Waals surface area contributed by atoms with E-state index >= 15 is 0 Å². The van der Waals surface area contributed by atoms with E-state index < -0.39 is 0 Å². The number of nitrogens with zero attached hydrogens (tertiary/aromatic N) is 2. The van der Waals surface area contributed by atoms with E-state index in [0.717, 1.165) is 34.9 Å². The van der Waals surface area contributed by atoms with Gasteiger partial charge in [0.25, 0.3) is 0 Å². The molecule has 0 atom stereocenters. The third-order valence-corrected chi connectivity index (χ3v) is 2.85. The fourth-order valence-corrected chi connectivity index (χ4v) is 2.05. The smallest absolute Gasteiger partial charge is 0.236 e. The second-order valence-electron chi connectivity index (χ2n) is 3.93. The Morgan fingerprint density at radius 1 is 1.06 bits per heavy atom. The summed E-state index contributed by atoms with van der Waals surface area (Å²) < 4.78 is 1.68. The van der Waals surface area contributed by atoms with E-state index in [1.807, 2.05) is 30.3 Å². The van der Waals surface area contributed by atoms with Gasteiger partial charge in [0.1, 0.15) is 5.82 Å². The number of benzene rings is 1. The van der Waals surface area contributed by atoms with Gasteiger partial charge in [0.05, 0.1) is 10.7 Å². The zero-order valence-corrected chi connectivity index (χ0v) is 8.93. The minimum atomic E-state index is 0.833. The molecule has 2 aromatic rings. The normalized spacial score (nSPS) is 13.8. The van der Waals surface area contributed by atoms with Crippen LogP contribution in [0.15, 0.2) is 30.3 Å². The van der Waals surface area contributed by atoms with Crippen LogP contribution in [0.4, 0.5) is 0 Å². The number of hydrogen-bond acceptors (Lipinski definition) is 1. The van der Waals surface area contributed by atoms with Gasteiger partial charge >= 0.3 is 0 Å². The van der Waals surface area contributed by atoms with E-state index in [1.54, 1.807) is 4.48 Å². The Kier molecular flexibility index (Phi) is 2.17. The van der Waals surface area contributed by atoms with Gasteiger partial charge in [-0.1, -0.05) is 42.5 Å². The third kappa shape index (κ3) is 1.40. The fraction of sp³-hybridized carbons (Fsp3) is 0.154. The highest BCUT2D eigenvalue weighted by Gasteiger charge is 2.07. The van der Waals surface area contributed by atoms with E-state index in [4.69, 9.17) is 7.98 Å². The monoisotopic (exact) mass is 206 g/mol. The van der Waals surface area contributed by atoms with Gasteiger partial charge in [-0.05, 0) is 12.8 Å². The molecule has 0 amide bonds. The lowest BCUT2D eigenvalue weighted by atomic mass is 10.2. The molecule has 1 aliphatic rings. The topological polar surface area (TPSA) is 17.8 Å². The summed E-state index contributed by atoms with van der Waals surface area (Å²) in [6.45, 7) is 0. The van der Waals surface area contributed by atoms with Crippen LogP contribution < -0.4 is 10.7 Å². The van der Waals surface area contributed by atoms with Crippen molar-refractivity contribution in [3.63, 3.8) is 0 Å². The highest BCUT2D eigenvalue weighted by Crippen LogP contribution is 2.12. The standard InChI is InChI=1S/C13H11BN2/c14-16-12-9-5-4-8-11(12)15-13(16)10-6-2-1-3-7-10/h1-3,6-9H,4-5H2. The van der Waals surface area contributed by atoms with Gasteiger partial charge in [0.15, 0.2) is 0 Å². The number of aromatic nitrogens is 2. The fourth-order valence-electron chi connectivity index (χ4n) is 2.05. The molecule has 0 N–H and O–H groups in total. The first-order chi connectivity index (χ1) is 7.86. The molecule has 76 valence electrons. The largest absolute Gasteiger partial charge is 0.381 e. The molecule has 1 aromatic carbocycles. The van der Waals surface area contributed by atoms with Crippen molar-refractivity contribution in [2.45, 2.75) is 12.8 Å². The van der Waals surface area contributed by atoms with E-state index in [9.17, 15) is 0 Å². The van der Waals surface area contributed by atoms with Gasteiger partial charge in [-0.2, -0.15) is 0 Å². The zero-order valence-electron chi connectivity index (χ0n) is 8.93. The van der Waals surface area contributed by atoms with Gasteiger partial charge in [-0.25, -0.2) is 4.98 Å². The van der Waals surface area contributed by atoms with Crippen LogP contribution in [0, 0.1) is 0 Å². The molecule has 0 spiro atoms. The SMILES string of the molecule is [B]n1c(-c2ccccc2)nc2c1=CCCC=2. The lowest BCUT2D eigenvalue weighted by molar-refractivity contribution is 1.07. The average Bonchev–Trinajstić information content (AvgIpc) is 2.69. The Bertz CT molecular complexity index is 626. The Morgan fingerprint density at radius 2 is 1.81 bits per heavy atom. The van der Waals surface area contributed by atoms with Crippen LogP contribution in [0.1, 0.15) is 12.8 Å². The Labute approximate surface area is 95.4 Å². The van der Waals surface area contributed by atoms with Gasteiger partial charge in [-0.3, -0.25) is 0 Å². The van der Waals surface area contributed by atoms with Crippen LogP contribution in [0.25, 0.3) is 23.5 Å². The second kappa shape index (κ2) is 3.67. The Hall–Kier alpha value is -1.77. The number of hydrogen-bond donors (Lipinski definition) is 0. The average molecular weight is 206 g/mol. The lowest BCUT2D eigenvalue weighted by Crippen LogP contribution is -2.31. The summed E-state index contributed by atoms with van der Waals surface area (Å²) in [5.74, 6) is 0.833. The Morgan fingerprint density at radius 3 is 2.56 bits per heavy atom. The van der Waals surface area contributed by atoms with Crippen LogP contribution in [-0.4, -0.2) is 17.4 Å². The molecule has 0 saturated heterocycles. The van der Waals surface area contributed by atoms with Crippen molar-refractivity contribution in [2.75, 3.05) is 0 Å². The van der Waals surface area contributed by atoms with E-state index in [0.29, 0.717) is 0 Å². The predicted octanol–water partition coefficient (Wildman–Crippen LogP) is 0.836. The summed E-state index contributed by atoms with van der Waals surface area (Å²) in [6.07, 6.45) is 6.39. The minimum absolute atomic E-state index is 0.833. The first-order valence-electron chi connectivity index (χ1n) is 5.46. The molecule has 0 fully saturated rings. The molecule has 16 heavy (non-hydrogen) atoms. The van der Waals surface area contributed by atoms with Crippen molar-refractivity contribution in [3.05, 3.63) is 41.0 Å². The van der Waals surface area contributed by atoms with E-state index in [-0.39, 0.29) is 0 Å². The van der Waals surface area contributed by atoms with Gasteiger partial charge in [0, 0.05) is 5.56 Å². The first-order valence-corrected chi connectivity index (χ1v) is 5.46. The lowest BCUT2D eigenvalue weighted by Gasteiger charge is -2.02. The van der Waals surface area contributed by atoms with Crippen molar-refractivity contribution in [1.82, 2.24) is 9.46 Å². The highest BCUT2D eigenvalue weighted by atomic mass is 15.0. The summed E-state index contributed by atoms with van der Waals surface area (Å²) in [6, 6.07) is 10.0. The van der Waals surface area contributed by atoms with Crippen LogP contribution in [0.3, 0.4) is 0 Å². The molecule has 1 aromatic heterocycles. The van der Waals surface area contributed by atoms with E-state index in [1.165, 1.54) is 0 Å². The molecule has 0 unspecified atom stereocenters. The van der Waals surface area contributed by atoms with Crippen LogP contribution in [-0.2, 0) is 0 Å². The van der Waals surface area contributed by atoms with Crippen molar-refractivity contribution < 1.29 is 0 Å². The highest BCUT2D eigenvalue weighted by molar-refractivity contribution is 6.08. The molecule has 3 heteroatoms. The molecular formula is C13H11BN2. The predicted molar refractivity (Wildman–Crippen MR) is 66.2 cm³/mol. The van der Waals surface area contributed by atoms with Crippen molar-refractivity contribution in [2.24, 2.45) is 0 Å². The van der Waals surface area contributed by atoms with E-state index in [2.05, 4.69) is 17.1 Å². The summed E-state index contributed by atoms with van der Waals surface area (Å²) in [4.78, 5) is 4.57. The molecule has 1 heterocycles. The molecule has 2 radical (unpaired) electrons. The molecular weight excluding hydrogens is 195 g/mol. The molecule has 2 nitrogen and oxygen atoms in total. The molecule has 0 bridgehead atoms. The summed E-state index contributed by atoms with van der Waals surface area (Å²) in [5.41, 5.74) is 1.06. The number of imidazole rings is 1. The second-order valence-corrected chi connectivity index (χ2v) is 3.93. The van der Waals surface area contributed by atoms with Crippen LogP contribution >= 0.6 is 0 Å². The third-order valence-electron chi connectivity index (χ3n) is 2.85.